The Kier molecular flexibility index (Phi) is 3.49. The molecule has 1 rings (SSSR count). The predicted molar refractivity (Wildman–Crippen MR) is 59.2 cm³/mol. The summed E-state index contributed by atoms with van der Waals surface area (Å²) in [5.41, 5.74) is 5.79. The van der Waals surface area contributed by atoms with Crippen LogP contribution in [0.25, 0.3) is 0 Å². The number of carboxylic acid groups (broad SMARTS) is 1. The fourth-order valence-corrected chi connectivity index (χ4v) is 1.30. The molecular weight excluding hydrogens is 194 g/mol. The van der Waals surface area contributed by atoms with Gasteiger partial charge in [-0.25, -0.2) is 9.78 Å². The molecule has 1 aromatic rings. The van der Waals surface area contributed by atoms with Gasteiger partial charge in [-0.05, 0) is 12.5 Å². The molecule has 5 nitrogen and oxygen atoms in total. The Balaban J connectivity index is 3.02. The zero-order chi connectivity index (χ0) is 11.4. The first-order valence-electron chi connectivity index (χ1n) is 4.76. The molecule has 0 spiro atoms. The van der Waals surface area contributed by atoms with Gasteiger partial charge < -0.3 is 15.7 Å². The number of hydrogen-bond acceptors (Lipinski definition) is 4. The van der Waals surface area contributed by atoms with Crippen molar-refractivity contribution in [3.8, 4) is 0 Å². The average Bonchev–Trinajstić information content (AvgIpc) is 2.18. The van der Waals surface area contributed by atoms with Crippen LogP contribution in [-0.4, -0.2) is 29.7 Å². The lowest BCUT2D eigenvalue weighted by atomic mass is 10.2. The van der Waals surface area contributed by atoms with E-state index < -0.39 is 5.97 Å². The highest BCUT2D eigenvalue weighted by atomic mass is 16.4. The van der Waals surface area contributed by atoms with E-state index in [0.717, 1.165) is 13.0 Å². The fourth-order valence-electron chi connectivity index (χ4n) is 1.30. The Morgan fingerprint density at radius 2 is 2.33 bits per heavy atom. The second-order valence-electron chi connectivity index (χ2n) is 3.36. The molecule has 0 unspecified atom stereocenters. The van der Waals surface area contributed by atoms with E-state index in [1.165, 1.54) is 12.3 Å². The minimum atomic E-state index is -1.03. The average molecular weight is 209 g/mol. The maximum atomic E-state index is 10.8. The summed E-state index contributed by atoms with van der Waals surface area (Å²) in [5.74, 6) is -0.399. The number of aromatic carboxylic acids is 1. The fraction of sp³-hybridized carbons (Fsp3) is 0.400. The molecule has 0 aliphatic rings. The second kappa shape index (κ2) is 4.63. The van der Waals surface area contributed by atoms with Crippen molar-refractivity contribution in [3.05, 3.63) is 17.8 Å². The van der Waals surface area contributed by atoms with E-state index in [0.29, 0.717) is 5.82 Å². The largest absolute Gasteiger partial charge is 0.478 e. The number of nitrogens with zero attached hydrogens (tertiary/aromatic N) is 2. The third-order valence-corrected chi connectivity index (χ3v) is 2.10. The Bertz CT molecular complexity index is 366. The van der Waals surface area contributed by atoms with Gasteiger partial charge in [-0.15, -0.1) is 0 Å². The number of pyridine rings is 1. The highest BCUT2D eigenvalue weighted by Crippen LogP contribution is 2.17. The number of nitrogens with two attached hydrogens (primary N) is 1. The zero-order valence-electron chi connectivity index (χ0n) is 8.90. The van der Waals surface area contributed by atoms with Crippen molar-refractivity contribution in [2.45, 2.75) is 13.3 Å². The summed E-state index contributed by atoms with van der Waals surface area (Å²) in [7, 11) is 1.87. The smallest absolute Gasteiger partial charge is 0.337 e. The van der Waals surface area contributed by atoms with E-state index in [4.69, 9.17) is 10.8 Å². The van der Waals surface area contributed by atoms with E-state index in [9.17, 15) is 4.79 Å². The van der Waals surface area contributed by atoms with E-state index in [2.05, 4.69) is 4.98 Å². The molecule has 5 heteroatoms. The first kappa shape index (κ1) is 11.3. The number of anilines is 2. The van der Waals surface area contributed by atoms with Gasteiger partial charge >= 0.3 is 5.97 Å². The second-order valence-corrected chi connectivity index (χ2v) is 3.36. The van der Waals surface area contributed by atoms with Crippen LogP contribution in [0.4, 0.5) is 11.5 Å². The van der Waals surface area contributed by atoms with Gasteiger partial charge in [0.2, 0.25) is 0 Å². The van der Waals surface area contributed by atoms with Crippen molar-refractivity contribution in [2.75, 3.05) is 24.2 Å². The van der Waals surface area contributed by atoms with Crippen molar-refractivity contribution in [2.24, 2.45) is 0 Å². The number of carbonyl (C=O) groups is 1. The number of rotatable bonds is 4. The van der Waals surface area contributed by atoms with Gasteiger partial charge in [-0.1, -0.05) is 6.92 Å². The summed E-state index contributed by atoms with van der Waals surface area (Å²) in [6.07, 6.45) is 2.36. The Hall–Kier alpha value is -1.78. The van der Waals surface area contributed by atoms with E-state index in [1.54, 1.807) is 0 Å². The van der Waals surface area contributed by atoms with Crippen molar-refractivity contribution in [1.82, 2.24) is 4.98 Å². The lowest BCUT2D eigenvalue weighted by Crippen LogP contribution is -2.19. The summed E-state index contributed by atoms with van der Waals surface area (Å²) in [6.45, 7) is 2.88. The number of hydrogen-bond donors (Lipinski definition) is 2. The standard InChI is InChI=1S/C10H15N3O2/c1-3-4-13(2)9-5-7(10(14)15)8(11)6-12-9/h5-6H,3-4,11H2,1-2H3,(H,14,15). The first-order chi connectivity index (χ1) is 7.06. The molecule has 0 saturated carbocycles. The normalized spacial score (nSPS) is 10.0. The summed E-state index contributed by atoms with van der Waals surface area (Å²) in [6, 6.07) is 1.49. The van der Waals surface area contributed by atoms with Crippen LogP contribution < -0.4 is 10.6 Å². The number of aromatic nitrogens is 1. The molecule has 0 fully saturated rings. The molecule has 0 bridgehead atoms. The van der Waals surface area contributed by atoms with Crippen LogP contribution in [0, 0.1) is 0 Å². The molecular formula is C10H15N3O2. The monoisotopic (exact) mass is 209 g/mol. The van der Waals surface area contributed by atoms with E-state index in [-0.39, 0.29) is 11.3 Å². The Morgan fingerprint density at radius 1 is 1.67 bits per heavy atom. The van der Waals surface area contributed by atoms with Crippen molar-refractivity contribution in [3.63, 3.8) is 0 Å². The Morgan fingerprint density at radius 3 is 2.87 bits per heavy atom. The predicted octanol–water partition coefficient (Wildman–Crippen LogP) is 1.21. The minimum Gasteiger partial charge on any atom is -0.478 e. The number of carboxylic acids is 1. The van der Waals surface area contributed by atoms with Gasteiger partial charge in [0.05, 0.1) is 17.4 Å². The SMILES string of the molecule is CCCN(C)c1cc(C(=O)O)c(N)cn1. The maximum Gasteiger partial charge on any atom is 0.337 e. The van der Waals surface area contributed by atoms with Gasteiger partial charge in [0.25, 0.3) is 0 Å². The van der Waals surface area contributed by atoms with Gasteiger partial charge in [-0.2, -0.15) is 0 Å². The molecule has 0 aliphatic carbocycles. The minimum absolute atomic E-state index is 0.1000. The number of nitrogen functional groups attached to an aromatic ring is 1. The van der Waals surface area contributed by atoms with Crippen LogP contribution in [0.15, 0.2) is 12.3 Å². The quantitative estimate of drug-likeness (QED) is 0.779. The third-order valence-electron chi connectivity index (χ3n) is 2.10. The van der Waals surface area contributed by atoms with Crippen LogP contribution >= 0.6 is 0 Å². The summed E-state index contributed by atoms with van der Waals surface area (Å²) in [5, 5.41) is 8.88. The molecule has 0 atom stereocenters. The molecule has 1 heterocycles. The van der Waals surface area contributed by atoms with Crippen LogP contribution in [0.3, 0.4) is 0 Å². The lowest BCUT2D eigenvalue weighted by Gasteiger charge is -2.17. The third kappa shape index (κ3) is 2.59. The van der Waals surface area contributed by atoms with Gasteiger partial charge in [-0.3, -0.25) is 0 Å². The molecule has 0 aromatic carbocycles. The highest BCUT2D eigenvalue weighted by Gasteiger charge is 2.11. The lowest BCUT2D eigenvalue weighted by molar-refractivity contribution is 0.0698. The van der Waals surface area contributed by atoms with E-state index in [1.807, 2.05) is 18.9 Å². The van der Waals surface area contributed by atoms with Crippen molar-refractivity contribution < 1.29 is 9.90 Å². The molecule has 1 aromatic heterocycles. The van der Waals surface area contributed by atoms with Gasteiger partial charge in [0.15, 0.2) is 0 Å². The molecule has 0 radical (unpaired) electrons. The summed E-state index contributed by atoms with van der Waals surface area (Å²) in [4.78, 5) is 16.8. The molecule has 82 valence electrons. The van der Waals surface area contributed by atoms with Crippen molar-refractivity contribution in [1.29, 1.82) is 0 Å². The summed E-state index contributed by atoms with van der Waals surface area (Å²) >= 11 is 0. The van der Waals surface area contributed by atoms with Crippen LogP contribution in [-0.2, 0) is 0 Å². The molecule has 0 aliphatic heterocycles. The van der Waals surface area contributed by atoms with E-state index >= 15 is 0 Å². The first-order valence-corrected chi connectivity index (χ1v) is 4.76. The Labute approximate surface area is 88.5 Å². The molecule has 0 amide bonds. The highest BCUT2D eigenvalue weighted by molar-refractivity contribution is 5.94. The molecule has 3 N–H and O–H groups in total. The maximum absolute atomic E-state index is 10.8. The summed E-state index contributed by atoms with van der Waals surface area (Å²) < 4.78 is 0. The van der Waals surface area contributed by atoms with Gasteiger partial charge in [0, 0.05) is 13.6 Å². The van der Waals surface area contributed by atoms with Crippen molar-refractivity contribution >= 4 is 17.5 Å². The molecule has 0 saturated heterocycles. The zero-order valence-corrected chi connectivity index (χ0v) is 8.90. The molecule has 15 heavy (non-hydrogen) atoms. The van der Waals surface area contributed by atoms with Crippen LogP contribution in [0.1, 0.15) is 23.7 Å². The van der Waals surface area contributed by atoms with Gasteiger partial charge in [0.1, 0.15) is 5.82 Å². The topological polar surface area (TPSA) is 79.5 Å². The van der Waals surface area contributed by atoms with Crippen LogP contribution in [0.2, 0.25) is 0 Å². The van der Waals surface area contributed by atoms with Crippen LogP contribution in [0.5, 0.6) is 0 Å².